The highest BCUT2D eigenvalue weighted by molar-refractivity contribution is 5.33. The van der Waals surface area contributed by atoms with Crippen molar-refractivity contribution in [1.82, 2.24) is 10.3 Å². The summed E-state index contributed by atoms with van der Waals surface area (Å²) < 4.78 is 19.0. The summed E-state index contributed by atoms with van der Waals surface area (Å²) in [6, 6.07) is 9.37. The summed E-state index contributed by atoms with van der Waals surface area (Å²) in [5, 5.41) is 3.47. The molecule has 0 unspecified atom stereocenters. The quantitative estimate of drug-likeness (QED) is 0.905. The van der Waals surface area contributed by atoms with E-state index in [2.05, 4.69) is 16.4 Å². The Hall–Kier alpha value is -1.94. The van der Waals surface area contributed by atoms with E-state index in [1.165, 1.54) is 18.9 Å². The van der Waals surface area contributed by atoms with Gasteiger partial charge in [-0.1, -0.05) is 0 Å². The van der Waals surface area contributed by atoms with E-state index in [1.807, 2.05) is 13.0 Å². The molecule has 3 nitrogen and oxygen atoms in total. The molecule has 0 bridgehead atoms. The minimum atomic E-state index is -0.228. The number of pyridine rings is 1. The van der Waals surface area contributed by atoms with Crippen molar-refractivity contribution in [3.63, 3.8) is 0 Å². The highest BCUT2D eigenvalue weighted by atomic mass is 19.1. The van der Waals surface area contributed by atoms with Crippen molar-refractivity contribution in [2.24, 2.45) is 0 Å². The third-order valence-electron chi connectivity index (χ3n) is 3.51. The van der Waals surface area contributed by atoms with Crippen LogP contribution in [0.1, 0.15) is 29.7 Å². The molecular weight excluding hydrogens is 267 g/mol. The van der Waals surface area contributed by atoms with E-state index in [0.717, 1.165) is 17.8 Å². The molecule has 1 aliphatic rings. The lowest BCUT2D eigenvalue weighted by Crippen LogP contribution is -2.15. The van der Waals surface area contributed by atoms with Gasteiger partial charge in [-0.2, -0.15) is 0 Å². The van der Waals surface area contributed by atoms with Gasteiger partial charge in [0.1, 0.15) is 11.6 Å². The van der Waals surface area contributed by atoms with Crippen LogP contribution in [0.4, 0.5) is 4.39 Å². The van der Waals surface area contributed by atoms with Gasteiger partial charge in [-0.15, -0.1) is 0 Å². The first kappa shape index (κ1) is 14.0. The summed E-state index contributed by atoms with van der Waals surface area (Å²) in [4.78, 5) is 4.38. The van der Waals surface area contributed by atoms with Crippen molar-refractivity contribution in [3.8, 4) is 11.6 Å². The molecule has 21 heavy (non-hydrogen) atoms. The van der Waals surface area contributed by atoms with Gasteiger partial charge in [0.15, 0.2) is 0 Å². The van der Waals surface area contributed by atoms with E-state index in [-0.39, 0.29) is 5.82 Å². The topological polar surface area (TPSA) is 34.1 Å². The fraction of sp³-hybridized carbons (Fsp3) is 0.353. The molecule has 0 atom stereocenters. The second-order valence-corrected chi connectivity index (χ2v) is 5.62. The first-order valence-electron chi connectivity index (χ1n) is 7.25. The molecule has 1 aromatic heterocycles. The van der Waals surface area contributed by atoms with Crippen LogP contribution in [0.2, 0.25) is 0 Å². The Bertz CT molecular complexity index is 653. The van der Waals surface area contributed by atoms with E-state index in [0.29, 0.717) is 23.2 Å². The number of benzene rings is 1. The summed E-state index contributed by atoms with van der Waals surface area (Å²) >= 11 is 0. The standard InChI is InChI=1S/C17H19FN2O/c1-11-7-15(5-6-16(11)18)21-17-9-13(8-12(2)20-17)10-19-14-3-4-14/h5-9,14,19H,3-4,10H2,1-2H3. The number of aromatic nitrogens is 1. The molecule has 1 fully saturated rings. The molecule has 110 valence electrons. The second-order valence-electron chi connectivity index (χ2n) is 5.62. The Kier molecular flexibility index (Phi) is 3.88. The summed E-state index contributed by atoms with van der Waals surface area (Å²) in [6.45, 7) is 4.49. The van der Waals surface area contributed by atoms with Crippen molar-refractivity contribution in [2.45, 2.75) is 39.3 Å². The van der Waals surface area contributed by atoms with E-state index >= 15 is 0 Å². The Labute approximate surface area is 124 Å². The van der Waals surface area contributed by atoms with Gasteiger partial charge in [-0.25, -0.2) is 9.37 Å². The average Bonchev–Trinajstić information content (AvgIpc) is 3.24. The number of ether oxygens (including phenoxy) is 1. The third-order valence-corrected chi connectivity index (χ3v) is 3.51. The van der Waals surface area contributed by atoms with Gasteiger partial charge in [0.2, 0.25) is 5.88 Å². The molecule has 0 spiro atoms. The lowest BCUT2D eigenvalue weighted by atomic mass is 10.2. The number of halogens is 1. The number of hydrogen-bond acceptors (Lipinski definition) is 3. The van der Waals surface area contributed by atoms with Crippen molar-refractivity contribution in [1.29, 1.82) is 0 Å². The number of nitrogens with one attached hydrogen (secondary N) is 1. The number of aryl methyl sites for hydroxylation is 2. The predicted octanol–water partition coefficient (Wildman–Crippen LogP) is 3.88. The van der Waals surface area contributed by atoms with Crippen molar-refractivity contribution >= 4 is 0 Å². The summed E-state index contributed by atoms with van der Waals surface area (Å²) in [5.74, 6) is 0.926. The van der Waals surface area contributed by atoms with Gasteiger partial charge >= 0.3 is 0 Å². The van der Waals surface area contributed by atoms with Crippen LogP contribution in [0.5, 0.6) is 11.6 Å². The fourth-order valence-corrected chi connectivity index (χ4v) is 2.21. The van der Waals surface area contributed by atoms with Gasteiger partial charge in [0, 0.05) is 24.3 Å². The lowest BCUT2D eigenvalue weighted by Gasteiger charge is -2.10. The fourth-order valence-electron chi connectivity index (χ4n) is 2.21. The molecule has 0 saturated heterocycles. The van der Waals surface area contributed by atoms with Crippen LogP contribution < -0.4 is 10.1 Å². The minimum Gasteiger partial charge on any atom is -0.439 e. The van der Waals surface area contributed by atoms with Gasteiger partial charge in [0.25, 0.3) is 0 Å². The van der Waals surface area contributed by atoms with Crippen LogP contribution in [-0.2, 0) is 6.54 Å². The summed E-state index contributed by atoms with van der Waals surface area (Å²) in [5.41, 5.74) is 2.64. The Morgan fingerprint density at radius 3 is 2.76 bits per heavy atom. The van der Waals surface area contributed by atoms with Crippen LogP contribution in [-0.4, -0.2) is 11.0 Å². The average molecular weight is 286 g/mol. The molecule has 4 heteroatoms. The van der Waals surface area contributed by atoms with Crippen molar-refractivity contribution in [3.05, 3.63) is 53.0 Å². The molecule has 1 aliphatic carbocycles. The van der Waals surface area contributed by atoms with Crippen molar-refractivity contribution < 1.29 is 9.13 Å². The van der Waals surface area contributed by atoms with Crippen LogP contribution in [0.15, 0.2) is 30.3 Å². The smallest absolute Gasteiger partial charge is 0.219 e. The maximum atomic E-state index is 13.3. The molecule has 0 radical (unpaired) electrons. The molecule has 1 saturated carbocycles. The highest BCUT2D eigenvalue weighted by Crippen LogP contribution is 2.24. The van der Waals surface area contributed by atoms with Crippen LogP contribution in [0.25, 0.3) is 0 Å². The molecule has 2 aromatic rings. The first-order chi connectivity index (χ1) is 10.1. The lowest BCUT2D eigenvalue weighted by molar-refractivity contribution is 0.458. The van der Waals surface area contributed by atoms with E-state index in [9.17, 15) is 4.39 Å². The predicted molar refractivity (Wildman–Crippen MR) is 80.0 cm³/mol. The highest BCUT2D eigenvalue weighted by Gasteiger charge is 2.20. The molecular formula is C17H19FN2O. The molecule has 0 amide bonds. The SMILES string of the molecule is Cc1cc(CNC2CC2)cc(Oc2ccc(F)c(C)c2)n1. The Morgan fingerprint density at radius 1 is 1.24 bits per heavy atom. The van der Waals surface area contributed by atoms with E-state index < -0.39 is 0 Å². The molecule has 1 aromatic carbocycles. The van der Waals surface area contributed by atoms with Gasteiger partial charge < -0.3 is 10.1 Å². The first-order valence-corrected chi connectivity index (χ1v) is 7.25. The number of rotatable bonds is 5. The van der Waals surface area contributed by atoms with Gasteiger partial charge in [-0.05, 0) is 62.1 Å². The largest absolute Gasteiger partial charge is 0.439 e. The summed E-state index contributed by atoms with van der Waals surface area (Å²) in [7, 11) is 0. The summed E-state index contributed by atoms with van der Waals surface area (Å²) in [6.07, 6.45) is 2.53. The monoisotopic (exact) mass is 286 g/mol. The second kappa shape index (κ2) is 5.82. The minimum absolute atomic E-state index is 0.228. The maximum absolute atomic E-state index is 13.3. The van der Waals surface area contributed by atoms with E-state index in [1.54, 1.807) is 19.1 Å². The van der Waals surface area contributed by atoms with Gasteiger partial charge in [0.05, 0.1) is 0 Å². The normalized spacial score (nSPS) is 14.2. The van der Waals surface area contributed by atoms with Crippen LogP contribution in [0.3, 0.4) is 0 Å². The Morgan fingerprint density at radius 2 is 2.05 bits per heavy atom. The maximum Gasteiger partial charge on any atom is 0.219 e. The molecule has 3 rings (SSSR count). The number of nitrogens with zero attached hydrogens (tertiary/aromatic N) is 1. The molecule has 1 heterocycles. The Balaban J connectivity index is 1.75. The molecule has 0 aliphatic heterocycles. The van der Waals surface area contributed by atoms with Crippen molar-refractivity contribution in [2.75, 3.05) is 0 Å². The zero-order valence-electron chi connectivity index (χ0n) is 12.3. The third kappa shape index (κ3) is 3.79. The van der Waals surface area contributed by atoms with Crippen LogP contribution >= 0.6 is 0 Å². The van der Waals surface area contributed by atoms with E-state index in [4.69, 9.17) is 4.74 Å². The zero-order chi connectivity index (χ0) is 14.8. The zero-order valence-corrected chi connectivity index (χ0v) is 12.3. The molecule has 1 N–H and O–H groups in total. The van der Waals surface area contributed by atoms with Crippen LogP contribution in [0, 0.1) is 19.7 Å². The van der Waals surface area contributed by atoms with Gasteiger partial charge in [-0.3, -0.25) is 0 Å². The number of hydrogen-bond donors (Lipinski definition) is 1.